The minimum Gasteiger partial charge on any atom is -1.00 e. The van der Waals surface area contributed by atoms with Gasteiger partial charge in [-0.25, -0.2) is 4.98 Å². The SMILES string of the molecule is Oc1cccc2c1c1cccc(Cl)c1n2Cc1ccccc1.[Br-].c1cc[nH+]cc1. The molecule has 0 spiro atoms. The number of H-pyrrole nitrogens is 1. The number of aromatic amines is 1. The fourth-order valence-electron chi connectivity index (χ4n) is 3.41. The highest BCUT2D eigenvalue weighted by Gasteiger charge is 2.15. The standard InChI is InChI=1S/C19H14ClNO.C5H5N.BrH/c20-15-9-4-8-14-18-16(10-5-11-17(18)22)21(19(14)15)12-13-6-2-1-3-7-13;1-2-4-6-5-3-1;/h1-11,22H,12H2;1-5H;1H. The number of pyridine rings is 1. The first-order valence-corrected chi connectivity index (χ1v) is 9.47. The first-order chi connectivity index (χ1) is 13.8. The minimum atomic E-state index is 0. The van der Waals surface area contributed by atoms with Crippen molar-refractivity contribution >= 4 is 33.4 Å². The van der Waals surface area contributed by atoms with Crippen LogP contribution in [0.3, 0.4) is 0 Å². The van der Waals surface area contributed by atoms with Gasteiger partial charge in [-0.15, -0.1) is 0 Å². The fraction of sp³-hybridized carbons (Fsp3) is 0.0417. The van der Waals surface area contributed by atoms with Crippen LogP contribution in [0.5, 0.6) is 5.75 Å². The average Bonchev–Trinajstić information content (AvgIpc) is 3.07. The number of halogens is 2. The zero-order valence-corrected chi connectivity index (χ0v) is 17.9. The Balaban J connectivity index is 0.000000297. The van der Waals surface area contributed by atoms with Crippen LogP contribution in [0.4, 0.5) is 0 Å². The van der Waals surface area contributed by atoms with Gasteiger partial charge in [0.15, 0.2) is 12.4 Å². The molecule has 0 fully saturated rings. The Hall–Kier alpha value is -2.82. The maximum absolute atomic E-state index is 10.3. The highest BCUT2D eigenvalue weighted by Crippen LogP contribution is 2.38. The van der Waals surface area contributed by atoms with Crippen LogP contribution in [0.2, 0.25) is 5.02 Å². The monoisotopic (exact) mass is 466 g/mol. The van der Waals surface area contributed by atoms with Gasteiger partial charge < -0.3 is 26.7 Å². The number of para-hydroxylation sites is 1. The van der Waals surface area contributed by atoms with Crippen LogP contribution in [0.15, 0.2) is 97.3 Å². The zero-order chi connectivity index (χ0) is 19.3. The Morgan fingerprint density at radius 1 is 0.793 bits per heavy atom. The van der Waals surface area contributed by atoms with E-state index in [0.29, 0.717) is 11.6 Å². The quantitative estimate of drug-likeness (QED) is 0.426. The second-order valence-electron chi connectivity index (χ2n) is 6.46. The van der Waals surface area contributed by atoms with Crippen LogP contribution in [-0.2, 0) is 6.54 Å². The molecule has 0 saturated heterocycles. The van der Waals surface area contributed by atoms with E-state index in [0.717, 1.165) is 21.8 Å². The second kappa shape index (κ2) is 9.59. The normalized spacial score (nSPS) is 10.2. The van der Waals surface area contributed by atoms with Crippen molar-refractivity contribution in [2.24, 2.45) is 0 Å². The molecule has 0 bridgehead atoms. The van der Waals surface area contributed by atoms with E-state index in [2.05, 4.69) is 21.7 Å². The van der Waals surface area contributed by atoms with Gasteiger partial charge in [0.1, 0.15) is 5.75 Å². The molecule has 5 rings (SSSR count). The molecule has 0 aliphatic heterocycles. The number of aromatic hydroxyl groups is 1. The van der Waals surface area contributed by atoms with Crippen LogP contribution >= 0.6 is 11.6 Å². The molecule has 2 N–H and O–H groups in total. The third-order valence-corrected chi connectivity index (χ3v) is 4.93. The molecule has 3 aromatic carbocycles. The van der Waals surface area contributed by atoms with Crippen LogP contribution in [0, 0.1) is 0 Å². The second-order valence-corrected chi connectivity index (χ2v) is 6.86. The molecule has 0 unspecified atom stereocenters. The number of hydrogen-bond donors (Lipinski definition) is 1. The maximum Gasteiger partial charge on any atom is 0.166 e. The number of phenolic OH excluding ortho intramolecular Hbond substituents is 1. The van der Waals surface area contributed by atoms with E-state index < -0.39 is 0 Å². The highest BCUT2D eigenvalue weighted by molar-refractivity contribution is 6.36. The summed E-state index contributed by atoms with van der Waals surface area (Å²) in [5, 5.41) is 12.8. The molecule has 146 valence electrons. The van der Waals surface area contributed by atoms with Crippen molar-refractivity contribution in [2.75, 3.05) is 0 Å². The van der Waals surface area contributed by atoms with Crippen molar-refractivity contribution in [3.63, 3.8) is 0 Å². The summed E-state index contributed by atoms with van der Waals surface area (Å²) in [4.78, 5) is 2.89. The summed E-state index contributed by atoms with van der Waals surface area (Å²) in [6.07, 6.45) is 3.75. The summed E-state index contributed by atoms with van der Waals surface area (Å²) < 4.78 is 2.17. The predicted molar refractivity (Wildman–Crippen MR) is 115 cm³/mol. The molecule has 2 aromatic heterocycles. The molecule has 29 heavy (non-hydrogen) atoms. The third-order valence-electron chi connectivity index (χ3n) is 4.63. The van der Waals surface area contributed by atoms with Gasteiger partial charge in [0, 0.05) is 29.4 Å². The van der Waals surface area contributed by atoms with E-state index in [1.807, 2.05) is 79.1 Å². The maximum atomic E-state index is 10.3. The van der Waals surface area contributed by atoms with Crippen molar-refractivity contribution in [3.8, 4) is 5.75 Å². The van der Waals surface area contributed by atoms with Gasteiger partial charge in [0.2, 0.25) is 0 Å². The van der Waals surface area contributed by atoms with Crippen molar-refractivity contribution in [1.82, 2.24) is 4.57 Å². The summed E-state index contributed by atoms with van der Waals surface area (Å²) in [6, 6.07) is 27.5. The molecule has 0 amide bonds. The van der Waals surface area contributed by atoms with Gasteiger partial charge in [0.25, 0.3) is 0 Å². The Bertz CT molecular complexity index is 1180. The molecule has 5 heteroatoms. The molecule has 0 radical (unpaired) electrons. The smallest absolute Gasteiger partial charge is 0.166 e. The molecular formula is C24H20BrClN2O. The van der Waals surface area contributed by atoms with Crippen LogP contribution in [-0.4, -0.2) is 9.67 Å². The highest BCUT2D eigenvalue weighted by atomic mass is 79.9. The van der Waals surface area contributed by atoms with Gasteiger partial charge in [-0.1, -0.05) is 66.2 Å². The summed E-state index contributed by atoms with van der Waals surface area (Å²) >= 11 is 6.45. The average molecular weight is 468 g/mol. The van der Waals surface area contributed by atoms with Crippen molar-refractivity contribution in [1.29, 1.82) is 0 Å². The lowest BCUT2D eigenvalue weighted by Gasteiger charge is -2.08. The van der Waals surface area contributed by atoms with E-state index in [9.17, 15) is 5.11 Å². The Morgan fingerprint density at radius 3 is 2.14 bits per heavy atom. The summed E-state index contributed by atoms with van der Waals surface area (Å²) in [5.74, 6) is 0.288. The molecule has 0 atom stereocenters. The largest absolute Gasteiger partial charge is 1.00 e. The van der Waals surface area contributed by atoms with Crippen LogP contribution < -0.4 is 22.0 Å². The Kier molecular flexibility index (Phi) is 6.91. The van der Waals surface area contributed by atoms with Crippen molar-refractivity contribution in [3.05, 3.63) is 108 Å². The van der Waals surface area contributed by atoms with E-state index in [1.54, 1.807) is 6.07 Å². The van der Waals surface area contributed by atoms with E-state index in [1.165, 1.54) is 5.56 Å². The number of phenols is 1. The Labute approximate surface area is 185 Å². The van der Waals surface area contributed by atoms with Crippen LogP contribution in [0.25, 0.3) is 21.8 Å². The van der Waals surface area contributed by atoms with Gasteiger partial charge in [0.05, 0.1) is 16.1 Å². The van der Waals surface area contributed by atoms with Gasteiger partial charge in [-0.05, 0) is 23.8 Å². The van der Waals surface area contributed by atoms with E-state index in [4.69, 9.17) is 11.6 Å². The van der Waals surface area contributed by atoms with Crippen LogP contribution in [0.1, 0.15) is 5.56 Å². The molecule has 2 heterocycles. The third kappa shape index (κ3) is 4.44. The number of aromatic nitrogens is 2. The topological polar surface area (TPSA) is 39.3 Å². The zero-order valence-electron chi connectivity index (χ0n) is 15.6. The Morgan fingerprint density at radius 2 is 1.48 bits per heavy atom. The number of rotatable bonds is 2. The number of benzene rings is 3. The number of hydrogen-bond acceptors (Lipinski definition) is 1. The molecule has 0 aliphatic rings. The van der Waals surface area contributed by atoms with Crippen molar-refractivity contribution < 1.29 is 27.1 Å². The molecular weight excluding hydrogens is 448 g/mol. The van der Waals surface area contributed by atoms with Gasteiger partial charge >= 0.3 is 0 Å². The lowest BCUT2D eigenvalue weighted by Crippen LogP contribution is -3.00. The molecule has 3 nitrogen and oxygen atoms in total. The van der Waals surface area contributed by atoms with E-state index in [-0.39, 0.29) is 22.7 Å². The predicted octanol–water partition coefficient (Wildman–Crippen LogP) is 2.71. The van der Waals surface area contributed by atoms with E-state index >= 15 is 0 Å². The minimum absolute atomic E-state index is 0. The molecule has 0 aliphatic carbocycles. The lowest BCUT2D eigenvalue weighted by molar-refractivity contribution is -0.377. The lowest BCUT2D eigenvalue weighted by atomic mass is 10.1. The first kappa shape index (κ1) is 20.9. The number of nitrogens with zero attached hydrogens (tertiary/aromatic N) is 1. The van der Waals surface area contributed by atoms with Gasteiger partial charge in [-0.3, -0.25) is 0 Å². The molecule has 5 aromatic rings. The van der Waals surface area contributed by atoms with Gasteiger partial charge in [-0.2, -0.15) is 0 Å². The summed E-state index contributed by atoms with van der Waals surface area (Å²) in [6.45, 7) is 0.716. The van der Waals surface area contributed by atoms with Crippen molar-refractivity contribution in [2.45, 2.75) is 6.54 Å². The number of nitrogens with one attached hydrogen (secondary N) is 1. The fourth-order valence-corrected chi connectivity index (χ4v) is 3.69. The first-order valence-electron chi connectivity index (χ1n) is 9.09. The molecule has 0 saturated carbocycles. The number of fused-ring (bicyclic) bond motifs is 3. The summed E-state index contributed by atoms with van der Waals surface area (Å²) in [7, 11) is 0. The summed E-state index contributed by atoms with van der Waals surface area (Å²) in [5.41, 5.74) is 3.15.